The molecule has 176 valence electrons. The minimum atomic E-state index is -0.0342. The van der Waals surface area contributed by atoms with Crippen molar-refractivity contribution in [2.75, 3.05) is 45.3 Å². The molecule has 0 saturated carbocycles. The van der Waals surface area contributed by atoms with Crippen LogP contribution in [0.2, 0.25) is 0 Å². The number of thiazole rings is 1. The molecule has 7 heteroatoms. The van der Waals surface area contributed by atoms with Crippen LogP contribution in [0.4, 0.5) is 5.13 Å². The van der Waals surface area contributed by atoms with Crippen LogP contribution in [0.15, 0.2) is 47.8 Å². The van der Waals surface area contributed by atoms with Crippen molar-refractivity contribution in [3.05, 3.63) is 59.0 Å². The molecule has 0 radical (unpaired) electrons. The predicted molar refractivity (Wildman–Crippen MR) is 136 cm³/mol. The molecule has 3 aromatic rings. The van der Waals surface area contributed by atoms with Crippen LogP contribution in [-0.4, -0.2) is 56.2 Å². The number of hydrogen-bond donors (Lipinski definition) is 0. The van der Waals surface area contributed by atoms with Gasteiger partial charge in [-0.1, -0.05) is 31.5 Å². The molecule has 0 aliphatic heterocycles. The molecule has 3 rings (SSSR count). The number of hydrogen-bond acceptors (Lipinski definition) is 6. The van der Waals surface area contributed by atoms with Gasteiger partial charge >= 0.3 is 0 Å². The first-order valence-corrected chi connectivity index (χ1v) is 12.2. The summed E-state index contributed by atoms with van der Waals surface area (Å²) in [6, 6.07) is 13.3. The van der Waals surface area contributed by atoms with E-state index in [2.05, 4.69) is 18.7 Å². The number of rotatable bonds is 11. The zero-order valence-corrected chi connectivity index (χ0v) is 20.9. The average molecular weight is 468 g/mol. The van der Waals surface area contributed by atoms with Crippen LogP contribution in [0.5, 0.6) is 11.5 Å². The van der Waals surface area contributed by atoms with Crippen LogP contribution < -0.4 is 14.4 Å². The maximum Gasteiger partial charge on any atom is 0.260 e. The number of nitrogens with zero attached hydrogens (tertiary/aromatic N) is 3. The van der Waals surface area contributed by atoms with Gasteiger partial charge in [0.1, 0.15) is 11.5 Å². The quantitative estimate of drug-likeness (QED) is 0.372. The van der Waals surface area contributed by atoms with Crippen LogP contribution in [-0.2, 0) is 0 Å². The minimum Gasteiger partial charge on any atom is -0.497 e. The van der Waals surface area contributed by atoms with Crippen molar-refractivity contribution in [2.45, 2.75) is 27.2 Å². The molecule has 0 aliphatic carbocycles. The number of ether oxygens (including phenoxy) is 2. The summed E-state index contributed by atoms with van der Waals surface area (Å²) in [5, 5.41) is 2.65. The molecule has 2 aromatic carbocycles. The smallest absolute Gasteiger partial charge is 0.260 e. The summed E-state index contributed by atoms with van der Waals surface area (Å²) in [5.74, 6) is 1.41. The number of amides is 1. The lowest BCUT2D eigenvalue weighted by Crippen LogP contribution is -2.34. The molecule has 0 fully saturated rings. The molecule has 1 amide bonds. The molecule has 1 heterocycles. The van der Waals surface area contributed by atoms with Gasteiger partial charge in [-0.2, -0.15) is 0 Å². The number of carbonyl (C=O) groups is 1. The molecule has 0 spiro atoms. The highest BCUT2D eigenvalue weighted by Gasteiger charge is 2.22. The predicted octanol–water partition coefficient (Wildman–Crippen LogP) is 5.51. The minimum absolute atomic E-state index is 0.0342. The zero-order valence-electron chi connectivity index (χ0n) is 20.1. The first-order chi connectivity index (χ1) is 16.0. The van der Waals surface area contributed by atoms with E-state index in [1.807, 2.05) is 54.8 Å². The summed E-state index contributed by atoms with van der Waals surface area (Å²) in [4.78, 5) is 22.5. The third-order valence-electron chi connectivity index (χ3n) is 5.70. The number of aryl methyl sites for hydroxylation is 1. The van der Waals surface area contributed by atoms with Crippen LogP contribution >= 0.6 is 11.3 Å². The van der Waals surface area contributed by atoms with Crippen molar-refractivity contribution in [3.63, 3.8) is 0 Å². The van der Waals surface area contributed by atoms with Crippen molar-refractivity contribution in [1.29, 1.82) is 0 Å². The molecule has 6 nitrogen and oxygen atoms in total. The highest BCUT2D eigenvalue weighted by molar-refractivity contribution is 7.14. The first kappa shape index (κ1) is 24.7. The lowest BCUT2D eigenvalue weighted by molar-refractivity contribution is 0.0985. The number of anilines is 1. The van der Waals surface area contributed by atoms with E-state index in [1.165, 1.54) is 11.3 Å². The number of aromatic nitrogens is 1. The van der Waals surface area contributed by atoms with Gasteiger partial charge in [0, 0.05) is 23.1 Å². The Morgan fingerprint density at radius 3 is 2.36 bits per heavy atom. The third-order valence-corrected chi connectivity index (χ3v) is 6.56. The molecular formula is C26H33N3O3S. The fourth-order valence-electron chi connectivity index (χ4n) is 3.65. The molecule has 0 saturated heterocycles. The third kappa shape index (κ3) is 6.12. The summed E-state index contributed by atoms with van der Waals surface area (Å²) >= 11 is 1.47. The molecule has 0 N–H and O–H groups in total. The van der Waals surface area contributed by atoms with E-state index in [0.29, 0.717) is 23.0 Å². The Bertz CT molecular complexity index is 1050. The molecular weight excluding hydrogens is 434 g/mol. The van der Waals surface area contributed by atoms with Gasteiger partial charge in [0.2, 0.25) is 0 Å². The van der Waals surface area contributed by atoms with Crippen molar-refractivity contribution in [3.8, 4) is 22.8 Å². The van der Waals surface area contributed by atoms with Gasteiger partial charge in [0.15, 0.2) is 5.13 Å². The standard InChI is InChI=1S/C26H33N3O3S/c1-6-28(7-2)15-8-16-29(25(30)20-11-9-19(3)10-12-20)26-27-23(18-33-26)22-17-21(31-4)13-14-24(22)32-5/h9-14,17-18H,6-8,15-16H2,1-5H3. The van der Waals surface area contributed by atoms with Gasteiger partial charge in [0.25, 0.3) is 5.91 Å². The van der Waals surface area contributed by atoms with Gasteiger partial charge < -0.3 is 14.4 Å². The summed E-state index contributed by atoms with van der Waals surface area (Å²) in [6.45, 7) is 9.88. The van der Waals surface area contributed by atoms with E-state index in [-0.39, 0.29) is 5.91 Å². The topological polar surface area (TPSA) is 54.9 Å². The lowest BCUT2D eigenvalue weighted by atomic mass is 10.1. The lowest BCUT2D eigenvalue weighted by Gasteiger charge is -2.23. The SMILES string of the molecule is CCN(CC)CCCN(C(=O)c1ccc(C)cc1)c1nc(-c2cc(OC)ccc2OC)cs1. The fraction of sp³-hybridized carbons (Fsp3) is 0.385. The molecule has 0 unspecified atom stereocenters. The van der Waals surface area contributed by atoms with Crippen LogP contribution in [0, 0.1) is 6.92 Å². The average Bonchev–Trinajstić information content (AvgIpc) is 3.33. The second kappa shape index (κ2) is 11.8. The van der Waals surface area contributed by atoms with Crippen molar-refractivity contribution < 1.29 is 14.3 Å². The Kier molecular flexibility index (Phi) is 8.86. The van der Waals surface area contributed by atoms with E-state index in [0.717, 1.165) is 48.6 Å². The Morgan fingerprint density at radius 1 is 1.00 bits per heavy atom. The van der Waals surface area contributed by atoms with E-state index in [1.54, 1.807) is 19.1 Å². The van der Waals surface area contributed by atoms with Gasteiger partial charge in [-0.05, 0) is 63.3 Å². The first-order valence-electron chi connectivity index (χ1n) is 11.3. The fourth-order valence-corrected chi connectivity index (χ4v) is 4.50. The summed E-state index contributed by atoms with van der Waals surface area (Å²) in [7, 11) is 3.27. The Balaban J connectivity index is 1.91. The summed E-state index contributed by atoms with van der Waals surface area (Å²) < 4.78 is 10.9. The maximum atomic E-state index is 13.5. The van der Waals surface area contributed by atoms with Gasteiger partial charge in [-0.15, -0.1) is 11.3 Å². The monoisotopic (exact) mass is 467 g/mol. The van der Waals surface area contributed by atoms with Crippen molar-refractivity contribution in [2.24, 2.45) is 0 Å². The highest BCUT2D eigenvalue weighted by Crippen LogP contribution is 2.36. The molecule has 33 heavy (non-hydrogen) atoms. The number of benzene rings is 2. The Morgan fingerprint density at radius 2 is 1.73 bits per heavy atom. The van der Waals surface area contributed by atoms with Gasteiger partial charge in [-0.25, -0.2) is 4.98 Å². The van der Waals surface area contributed by atoms with Gasteiger partial charge in [0.05, 0.1) is 19.9 Å². The molecule has 0 atom stereocenters. The number of methoxy groups -OCH3 is 2. The highest BCUT2D eigenvalue weighted by atomic mass is 32.1. The van der Waals surface area contributed by atoms with E-state index in [9.17, 15) is 4.79 Å². The molecule has 0 bridgehead atoms. The van der Waals surface area contributed by atoms with Crippen LogP contribution in [0.3, 0.4) is 0 Å². The molecule has 1 aromatic heterocycles. The normalized spacial score (nSPS) is 11.0. The number of carbonyl (C=O) groups excluding carboxylic acids is 1. The van der Waals surface area contributed by atoms with E-state index >= 15 is 0 Å². The van der Waals surface area contributed by atoms with Crippen LogP contribution in [0.1, 0.15) is 36.2 Å². The maximum absolute atomic E-state index is 13.5. The Hall–Kier alpha value is -2.90. The molecule has 0 aliphatic rings. The van der Waals surface area contributed by atoms with E-state index < -0.39 is 0 Å². The summed E-state index contributed by atoms with van der Waals surface area (Å²) in [6.07, 6.45) is 0.872. The van der Waals surface area contributed by atoms with E-state index in [4.69, 9.17) is 14.5 Å². The van der Waals surface area contributed by atoms with Crippen molar-refractivity contribution >= 4 is 22.4 Å². The second-order valence-electron chi connectivity index (χ2n) is 7.78. The zero-order chi connectivity index (χ0) is 23.8. The van der Waals surface area contributed by atoms with Crippen LogP contribution in [0.25, 0.3) is 11.3 Å². The largest absolute Gasteiger partial charge is 0.497 e. The summed E-state index contributed by atoms with van der Waals surface area (Å²) in [5.41, 5.74) is 3.39. The Labute approximate surface area is 200 Å². The van der Waals surface area contributed by atoms with Gasteiger partial charge in [-0.3, -0.25) is 9.69 Å². The second-order valence-corrected chi connectivity index (χ2v) is 8.62. The van der Waals surface area contributed by atoms with Crippen molar-refractivity contribution in [1.82, 2.24) is 9.88 Å².